The molecule has 1 aliphatic carbocycles. The zero-order valence-electron chi connectivity index (χ0n) is 18.2. The van der Waals surface area contributed by atoms with E-state index >= 15 is 0 Å². The second kappa shape index (κ2) is 11.6. The Kier molecular flexibility index (Phi) is 9.43. The highest BCUT2D eigenvalue weighted by atomic mass is 15.0. The molecule has 2 rings (SSSR count). The minimum Gasteiger partial charge on any atom is -0.307 e. The summed E-state index contributed by atoms with van der Waals surface area (Å²) in [5, 5.41) is 3.65. The molecule has 1 aromatic carbocycles. The summed E-state index contributed by atoms with van der Waals surface area (Å²) in [7, 11) is 0. The molecule has 1 nitrogen and oxygen atoms in total. The third kappa shape index (κ3) is 10.6. The van der Waals surface area contributed by atoms with Crippen LogP contribution in [0.2, 0.25) is 0 Å². The summed E-state index contributed by atoms with van der Waals surface area (Å²) in [6.07, 6.45) is 14.6. The van der Waals surface area contributed by atoms with Gasteiger partial charge < -0.3 is 5.32 Å². The van der Waals surface area contributed by atoms with Crippen LogP contribution in [0.1, 0.15) is 115 Å². The van der Waals surface area contributed by atoms with E-state index in [1.165, 1.54) is 69.8 Å². The van der Waals surface area contributed by atoms with Gasteiger partial charge in [-0.3, -0.25) is 0 Å². The van der Waals surface area contributed by atoms with Crippen molar-refractivity contribution in [2.24, 2.45) is 5.41 Å². The number of hydrogen-bond acceptors (Lipinski definition) is 1. The molecule has 1 unspecified atom stereocenters. The van der Waals surface area contributed by atoms with Crippen LogP contribution in [0.3, 0.4) is 0 Å². The second-order valence-electron chi connectivity index (χ2n) is 9.62. The largest absolute Gasteiger partial charge is 0.307 e. The summed E-state index contributed by atoms with van der Waals surface area (Å²) in [6.45, 7) is 9.28. The summed E-state index contributed by atoms with van der Waals surface area (Å²) in [6, 6.07) is 10.00. The molecule has 0 heterocycles. The molecule has 0 aliphatic heterocycles. The van der Waals surface area contributed by atoms with E-state index < -0.39 is 0 Å². The van der Waals surface area contributed by atoms with E-state index in [-0.39, 0.29) is 0 Å². The molecule has 27 heavy (non-hydrogen) atoms. The Bertz CT molecular complexity index is 577. The first-order valence-electron chi connectivity index (χ1n) is 11.3. The molecule has 150 valence electrons. The van der Waals surface area contributed by atoms with Gasteiger partial charge in [-0.2, -0.15) is 0 Å². The molecule has 1 fully saturated rings. The lowest BCUT2D eigenvalue weighted by Crippen LogP contribution is -2.20. The van der Waals surface area contributed by atoms with Crippen molar-refractivity contribution in [3.8, 4) is 11.8 Å². The predicted octanol–water partition coefficient (Wildman–Crippen LogP) is 7.41. The lowest BCUT2D eigenvalue weighted by atomic mass is 9.89. The zero-order valence-corrected chi connectivity index (χ0v) is 18.2. The summed E-state index contributed by atoms with van der Waals surface area (Å²) in [5.74, 6) is 6.68. The number of rotatable bonds is 11. The fourth-order valence-corrected chi connectivity index (χ4v) is 3.47. The molecule has 0 amide bonds. The Morgan fingerprint density at radius 3 is 2.11 bits per heavy atom. The van der Waals surface area contributed by atoms with Gasteiger partial charge in [0.05, 0.1) is 0 Å². The molecule has 0 radical (unpaired) electrons. The van der Waals surface area contributed by atoms with E-state index in [0.717, 1.165) is 18.0 Å². The minimum atomic E-state index is 0.452. The molecule has 0 spiro atoms. The van der Waals surface area contributed by atoms with Crippen molar-refractivity contribution in [2.75, 3.05) is 0 Å². The van der Waals surface area contributed by atoms with E-state index in [9.17, 15) is 0 Å². The molecule has 0 aromatic heterocycles. The molecule has 1 N–H and O–H groups in total. The van der Waals surface area contributed by atoms with Crippen molar-refractivity contribution in [3.05, 3.63) is 35.4 Å². The van der Waals surface area contributed by atoms with Crippen molar-refractivity contribution in [1.29, 1.82) is 0 Å². The SMILES string of the molecule is CC(NC1CC1)c1ccc(C#CCCCCCCCCCC(C)(C)C)cc1. The van der Waals surface area contributed by atoms with Crippen molar-refractivity contribution in [1.82, 2.24) is 5.32 Å². The van der Waals surface area contributed by atoms with Gasteiger partial charge in [-0.15, -0.1) is 0 Å². The molecular weight excluding hydrogens is 326 g/mol. The Hall–Kier alpha value is -1.26. The molecule has 1 aromatic rings. The van der Waals surface area contributed by atoms with Crippen LogP contribution >= 0.6 is 0 Å². The number of nitrogens with one attached hydrogen (secondary N) is 1. The average Bonchev–Trinajstić information content (AvgIpc) is 3.43. The van der Waals surface area contributed by atoms with Crippen LogP contribution < -0.4 is 5.32 Å². The quantitative estimate of drug-likeness (QED) is 0.317. The van der Waals surface area contributed by atoms with E-state index in [4.69, 9.17) is 0 Å². The minimum absolute atomic E-state index is 0.452. The lowest BCUT2D eigenvalue weighted by molar-refractivity contribution is 0.356. The maximum atomic E-state index is 3.65. The van der Waals surface area contributed by atoms with Crippen molar-refractivity contribution in [2.45, 2.75) is 110 Å². The van der Waals surface area contributed by atoms with Gasteiger partial charge in [0.15, 0.2) is 0 Å². The Labute approximate surface area is 168 Å². The fourth-order valence-electron chi connectivity index (χ4n) is 3.47. The Morgan fingerprint density at radius 2 is 1.52 bits per heavy atom. The first-order valence-corrected chi connectivity index (χ1v) is 11.3. The average molecular weight is 368 g/mol. The van der Waals surface area contributed by atoms with Crippen LogP contribution in [0, 0.1) is 17.3 Å². The molecule has 1 heteroatoms. The number of unbranched alkanes of at least 4 members (excludes halogenated alkanes) is 7. The summed E-state index contributed by atoms with van der Waals surface area (Å²) in [5.41, 5.74) is 3.02. The molecule has 0 saturated heterocycles. The van der Waals surface area contributed by atoms with Crippen LogP contribution in [-0.4, -0.2) is 6.04 Å². The van der Waals surface area contributed by atoms with Crippen molar-refractivity contribution in [3.63, 3.8) is 0 Å². The standard InChI is InChI=1S/C26H41N/c1-22(27-25-19-20-25)24-17-15-23(16-18-24)14-12-10-8-6-5-7-9-11-13-21-26(2,3)4/h15-18,22,25,27H,5-11,13,19-21H2,1-4H3. The van der Waals surface area contributed by atoms with Gasteiger partial charge in [0, 0.05) is 24.1 Å². The Morgan fingerprint density at radius 1 is 0.926 bits per heavy atom. The van der Waals surface area contributed by atoms with Crippen LogP contribution in [0.5, 0.6) is 0 Å². The third-order valence-corrected chi connectivity index (χ3v) is 5.44. The molecular formula is C26H41N. The van der Waals surface area contributed by atoms with Gasteiger partial charge in [0.2, 0.25) is 0 Å². The summed E-state index contributed by atoms with van der Waals surface area (Å²) in [4.78, 5) is 0. The predicted molar refractivity (Wildman–Crippen MR) is 119 cm³/mol. The zero-order chi connectivity index (χ0) is 19.5. The summed E-state index contributed by atoms with van der Waals surface area (Å²) >= 11 is 0. The second-order valence-corrected chi connectivity index (χ2v) is 9.62. The van der Waals surface area contributed by atoms with Gasteiger partial charge in [-0.25, -0.2) is 0 Å². The van der Waals surface area contributed by atoms with Crippen LogP contribution in [0.4, 0.5) is 0 Å². The molecule has 1 saturated carbocycles. The molecule has 1 aliphatic rings. The third-order valence-electron chi connectivity index (χ3n) is 5.44. The lowest BCUT2D eigenvalue weighted by Gasteiger charge is -2.17. The van der Waals surface area contributed by atoms with Crippen LogP contribution in [0.15, 0.2) is 24.3 Å². The highest BCUT2D eigenvalue weighted by Crippen LogP contribution is 2.24. The number of hydrogen-bond donors (Lipinski definition) is 1. The van der Waals surface area contributed by atoms with Crippen molar-refractivity contribution >= 4 is 0 Å². The number of benzene rings is 1. The maximum Gasteiger partial charge on any atom is 0.0294 e. The highest BCUT2D eigenvalue weighted by molar-refractivity contribution is 5.36. The first kappa shape index (κ1) is 22.0. The topological polar surface area (TPSA) is 12.0 Å². The normalized spacial score (nSPS) is 15.3. The van der Waals surface area contributed by atoms with Gasteiger partial charge in [0.25, 0.3) is 0 Å². The highest BCUT2D eigenvalue weighted by Gasteiger charge is 2.23. The van der Waals surface area contributed by atoms with Gasteiger partial charge in [-0.1, -0.05) is 83.3 Å². The van der Waals surface area contributed by atoms with Crippen LogP contribution in [0.25, 0.3) is 0 Å². The van der Waals surface area contributed by atoms with Crippen molar-refractivity contribution < 1.29 is 0 Å². The maximum absolute atomic E-state index is 3.65. The Balaban J connectivity index is 1.50. The van der Waals surface area contributed by atoms with E-state index in [2.05, 4.69) is 69.1 Å². The van der Waals surface area contributed by atoms with Gasteiger partial charge in [0.1, 0.15) is 0 Å². The van der Waals surface area contributed by atoms with E-state index in [1.807, 2.05) is 0 Å². The monoisotopic (exact) mass is 367 g/mol. The van der Waals surface area contributed by atoms with Crippen LogP contribution in [-0.2, 0) is 0 Å². The molecule has 0 bridgehead atoms. The smallest absolute Gasteiger partial charge is 0.0294 e. The first-order chi connectivity index (χ1) is 12.9. The van der Waals surface area contributed by atoms with E-state index in [0.29, 0.717) is 11.5 Å². The van der Waals surface area contributed by atoms with Gasteiger partial charge in [-0.05, 0) is 55.7 Å². The summed E-state index contributed by atoms with van der Waals surface area (Å²) < 4.78 is 0. The van der Waals surface area contributed by atoms with Gasteiger partial charge >= 0.3 is 0 Å². The molecule has 1 atom stereocenters. The van der Waals surface area contributed by atoms with E-state index in [1.54, 1.807) is 0 Å². The fraction of sp³-hybridized carbons (Fsp3) is 0.692.